The third kappa shape index (κ3) is 5.06. The van der Waals surface area contributed by atoms with Gasteiger partial charge in [-0.25, -0.2) is 13.4 Å². The Labute approximate surface area is 186 Å². The number of benzene rings is 1. The number of hydrogen-bond acceptors (Lipinski definition) is 5. The molecule has 3 heterocycles. The number of piperidine rings is 1. The molecular formula is C22H26N4O3S2. The van der Waals surface area contributed by atoms with Crippen molar-refractivity contribution < 1.29 is 13.2 Å². The molecule has 0 spiro atoms. The second-order valence-electron chi connectivity index (χ2n) is 7.54. The molecule has 0 atom stereocenters. The van der Waals surface area contributed by atoms with Gasteiger partial charge in [0.25, 0.3) is 5.91 Å². The largest absolute Gasteiger partial charge is 0.351 e. The van der Waals surface area contributed by atoms with E-state index in [1.165, 1.54) is 15.9 Å². The molecule has 1 aliphatic rings. The molecule has 1 aromatic carbocycles. The normalized spacial score (nSPS) is 15.1. The summed E-state index contributed by atoms with van der Waals surface area (Å²) in [5.41, 5.74) is 1.18. The van der Waals surface area contributed by atoms with E-state index in [4.69, 9.17) is 0 Å². The van der Waals surface area contributed by atoms with Crippen molar-refractivity contribution in [2.45, 2.75) is 37.1 Å². The van der Waals surface area contributed by atoms with E-state index in [2.05, 4.69) is 27.0 Å². The maximum Gasteiger partial charge on any atom is 0.262 e. The van der Waals surface area contributed by atoms with Crippen LogP contribution in [0.1, 0.15) is 40.3 Å². The molecule has 1 amide bonds. The maximum atomic E-state index is 13.0. The molecule has 0 saturated carbocycles. The summed E-state index contributed by atoms with van der Waals surface area (Å²) >= 11 is 1.16. The molecule has 3 aromatic rings. The number of carbonyl (C=O) groups is 1. The van der Waals surface area contributed by atoms with Crippen molar-refractivity contribution in [3.05, 3.63) is 70.4 Å². The first-order valence-electron chi connectivity index (χ1n) is 10.5. The zero-order chi connectivity index (χ0) is 21.7. The van der Waals surface area contributed by atoms with Crippen molar-refractivity contribution in [3.63, 3.8) is 0 Å². The third-order valence-corrected chi connectivity index (χ3v) is 8.38. The summed E-state index contributed by atoms with van der Waals surface area (Å²) in [6.07, 6.45) is 7.00. The standard InChI is InChI=1S/C22H26N4O3S2/c27-22(21-19(10-16-30-21)31(28,29)26-13-5-2-6-14-26)24-11-9-20-23-12-15-25(20)17-18-7-3-1-4-8-18/h1,3-4,7-8,10,12,15-16H,2,5-6,9,11,13-14,17H2,(H,24,27). The first-order valence-corrected chi connectivity index (χ1v) is 12.8. The number of carbonyl (C=O) groups excluding carboxylic acids is 1. The number of nitrogens with one attached hydrogen (secondary N) is 1. The summed E-state index contributed by atoms with van der Waals surface area (Å²) < 4.78 is 29.5. The van der Waals surface area contributed by atoms with Gasteiger partial charge in [-0.1, -0.05) is 36.8 Å². The second kappa shape index (κ2) is 9.76. The van der Waals surface area contributed by atoms with E-state index in [1.807, 2.05) is 24.4 Å². The Morgan fingerprint density at radius 2 is 1.87 bits per heavy atom. The van der Waals surface area contributed by atoms with Gasteiger partial charge in [0.15, 0.2) is 0 Å². The molecule has 7 nitrogen and oxygen atoms in total. The predicted molar refractivity (Wildman–Crippen MR) is 121 cm³/mol. The lowest BCUT2D eigenvalue weighted by molar-refractivity contribution is 0.0954. The summed E-state index contributed by atoms with van der Waals surface area (Å²) in [7, 11) is -3.64. The highest BCUT2D eigenvalue weighted by Gasteiger charge is 2.30. The maximum absolute atomic E-state index is 13.0. The molecule has 0 bridgehead atoms. The molecule has 1 saturated heterocycles. The fourth-order valence-corrected chi connectivity index (χ4v) is 6.60. The molecule has 164 valence electrons. The van der Waals surface area contributed by atoms with E-state index < -0.39 is 10.0 Å². The lowest BCUT2D eigenvalue weighted by Gasteiger charge is -2.25. The van der Waals surface area contributed by atoms with Crippen LogP contribution < -0.4 is 5.32 Å². The summed E-state index contributed by atoms with van der Waals surface area (Å²) in [6, 6.07) is 11.7. The molecular weight excluding hydrogens is 432 g/mol. The SMILES string of the molecule is O=C(NCCc1nccn1Cc1ccccc1)c1sccc1S(=O)(=O)N1CCCCC1. The number of amides is 1. The van der Waals surface area contributed by atoms with E-state index in [0.717, 1.165) is 36.4 Å². The highest BCUT2D eigenvalue weighted by molar-refractivity contribution is 7.89. The van der Waals surface area contributed by atoms with Crippen molar-refractivity contribution in [2.24, 2.45) is 0 Å². The lowest BCUT2D eigenvalue weighted by Crippen LogP contribution is -2.36. The molecule has 4 rings (SSSR count). The van der Waals surface area contributed by atoms with Gasteiger partial charge in [-0.15, -0.1) is 11.3 Å². The van der Waals surface area contributed by atoms with E-state index in [9.17, 15) is 13.2 Å². The minimum atomic E-state index is -3.64. The van der Waals surface area contributed by atoms with Crippen LogP contribution in [-0.2, 0) is 23.0 Å². The van der Waals surface area contributed by atoms with Crippen molar-refractivity contribution in [3.8, 4) is 0 Å². The molecule has 1 fully saturated rings. The van der Waals surface area contributed by atoms with Gasteiger partial charge in [-0.2, -0.15) is 4.31 Å². The molecule has 31 heavy (non-hydrogen) atoms. The Morgan fingerprint density at radius 1 is 1.10 bits per heavy atom. The number of aromatic nitrogens is 2. The van der Waals surface area contributed by atoms with Crippen LogP contribution in [-0.4, -0.2) is 47.8 Å². The van der Waals surface area contributed by atoms with Crippen LogP contribution in [0.5, 0.6) is 0 Å². The van der Waals surface area contributed by atoms with E-state index >= 15 is 0 Å². The fraction of sp³-hybridized carbons (Fsp3) is 0.364. The fourth-order valence-electron chi connectivity index (χ4n) is 3.77. The first kappa shape index (κ1) is 21.7. The Balaban J connectivity index is 1.38. The van der Waals surface area contributed by atoms with Crippen molar-refractivity contribution >= 4 is 27.3 Å². The topological polar surface area (TPSA) is 84.3 Å². The van der Waals surface area contributed by atoms with Gasteiger partial charge >= 0.3 is 0 Å². The average molecular weight is 459 g/mol. The number of imidazole rings is 1. The average Bonchev–Trinajstić information content (AvgIpc) is 3.45. The van der Waals surface area contributed by atoms with Gasteiger partial charge in [0.2, 0.25) is 10.0 Å². The van der Waals surface area contributed by atoms with Gasteiger partial charge in [-0.3, -0.25) is 4.79 Å². The zero-order valence-corrected chi connectivity index (χ0v) is 18.9. The number of hydrogen-bond donors (Lipinski definition) is 1. The summed E-state index contributed by atoms with van der Waals surface area (Å²) in [4.78, 5) is 17.5. The van der Waals surface area contributed by atoms with Crippen molar-refractivity contribution in [1.82, 2.24) is 19.2 Å². The number of thiophene rings is 1. The number of rotatable bonds is 8. The summed E-state index contributed by atoms with van der Waals surface area (Å²) in [5.74, 6) is 0.517. The van der Waals surface area contributed by atoms with E-state index in [-0.39, 0.29) is 15.7 Å². The smallest absolute Gasteiger partial charge is 0.262 e. The zero-order valence-electron chi connectivity index (χ0n) is 17.2. The molecule has 0 unspecified atom stereocenters. The van der Waals surface area contributed by atoms with Crippen LogP contribution in [0.15, 0.2) is 59.1 Å². The molecule has 1 aliphatic heterocycles. The minimum absolute atomic E-state index is 0.113. The van der Waals surface area contributed by atoms with Crippen LogP contribution in [0.2, 0.25) is 0 Å². The Hall–Kier alpha value is -2.49. The Bertz CT molecular complexity index is 1120. The van der Waals surface area contributed by atoms with Gasteiger partial charge in [-0.05, 0) is 29.9 Å². The van der Waals surface area contributed by atoms with Crippen LogP contribution >= 0.6 is 11.3 Å². The van der Waals surface area contributed by atoms with E-state index in [1.54, 1.807) is 11.6 Å². The van der Waals surface area contributed by atoms with Gasteiger partial charge < -0.3 is 9.88 Å². The monoisotopic (exact) mass is 458 g/mol. The third-order valence-electron chi connectivity index (χ3n) is 5.40. The van der Waals surface area contributed by atoms with Crippen molar-refractivity contribution in [1.29, 1.82) is 0 Å². The van der Waals surface area contributed by atoms with Crippen LogP contribution in [0, 0.1) is 0 Å². The summed E-state index contributed by atoms with van der Waals surface area (Å²) in [6.45, 7) is 2.13. The molecule has 9 heteroatoms. The first-order chi connectivity index (χ1) is 15.1. The van der Waals surface area contributed by atoms with E-state index in [0.29, 0.717) is 32.6 Å². The molecule has 2 aromatic heterocycles. The van der Waals surface area contributed by atoms with Gasteiger partial charge in [0.1, 0.15) is 15.6 Å². The highest BCUT2D eigenvalue weighted by atomic mass is 32.2. The van der Waals surface area contributed by atoms with Gasteiger partial charge in [0, 0.05) is 45.0 Å². The minimum Gasteiger partial charge on any atom is -0.351 e. The van der Waals surface area contributed by atoms with Gasteiger partial charge in [0.05, 0.1) is 0 Å². The lowest BCUT2D eigenvalue weighted by atomic mass is 10.2. The van der Waals surface area contributed by atoms with Crippen LogP contribution in [0.3, 0.4) is 0 Å². The van der Waals surface area contributed by atoms with Crippen molar-refractivity contribution in [2.75, 3.05) is 19.6 Å². The Morgan fingerprint density at radius 3 is 2.65 bits per heavy atom. The highest BCUT2D eigenvalue weighted by Crippen LogP contribution is 2.27. The molecule has 1 N–H and O–H groups in total. The summed E-state index contributed by atoms with van der Waals surface area (Å²) in [5, 5.41) is 4.53. The van der Waals surface area contributed by atoms with Crippen LogP contribution in [0.4, 0.5) is 0 Å². The second-order valence-corrected chi connectivity index (χ2v) is 10.4. The van der Waals surface area contributed by atoms with Crippen LogP contribution in [0.25, 0.3) is 0 Å². The number of nitrogens with zero attached hydrogens (tertiary/aromatic N) is 3. The number of sulfonamides is 1. The predicted octanol–water partition coefficient (Wildman–Crippen LogP) is 3.14. The Kier molecular flexibility index (Phi) is 6.84. The quantitative estimate of drug-likeness (QED) is 0.562. The molecule has 0 aliphatic carbocycles. The molecule has 0 radical (unpaired) electrons.